The summed E-state index contributed by atoms with van der Waals surface area (Å²) in [5.41, 5.74) is 4.53. The van der Waals surface area contributed by atoms with Crippen molar-refractivity contribution in [2.75, 3.05) is 5.32 Å². The Balaban J connectivity index is 1.65. The third-order valence-electron chi connectivity index (χ3n) is 5.54. The van der Waals surface area contributed by atoms with E-state index < -0.39 is 6.67 Å². The van der Waals surface area contributed by atoms with Crippen LogP contribution in [0.15, 0.2) is 48.5 Å². The van der Waals surface area contributed by atoms with Crippen LogP contribution in [0, 0.1) is 0 Å². The Morgan fingerprint density at radius 2 is 1.72 bits per heavy atom. The van der Waals surface area contributed by atoms with Gasteiger partial charge >= 0.3 is 0 Å². The predicted molar refractivity (Wildman–Crippen MR) is 113 cm³/mol. The molecule has 0 spiro atoms. The lowest BCUT2D eigenvalue weighted by atomic mass is 10.1. The first-order chi connectivity index (χ1) is 14.3. The van der Waals surface area contributed by atoms with Crippen molar-refractivity contribution in [3.8, 4) is 11.4 Å². The van der Waals surface area contributed by atoms with Crippen LogP contribution in [0.4, 0.5) is 16.0 Å². The third kappa shape index (κ3) is 3.35. The van der Waals surface area contributed by atoms with Crippen molar-refractivity contribution in [1.82, 2.24) is 20.2 Å². The number of aryl methyl sites for hydroxylation is 1. The van der Waals surface area contributed by atoms with Gasteiger partial charge in [0.1, 0.15) is 12.5 Å². The van der Waals surface area contributed by atoms with E-state index in [1.807, 2.05) is 42.5 Å². The van der Waals surface area contributed by atoms with Gasteiger partial charge in [-0.25, -0.2) is 14.4 Å². The number of aromatic nitrogens is 4. The van der Waals surface area contributed by atoms with Gasteiger partial charge in [0.2, 0.25) is 0 Å². The molecule has 0 amide bonds. The van der Waals surface area contributed by atoms with Crippen LogP contribution in [0.3, 0.4) is 0 Å². The number of alkyl halides is 1. The highest BCUT2D eigenvalue weighted by atomic mass is 19.1. The minimum absolute atomic E-state index is 0.538. The number of nitrogens with one attached hydrogen (secondary N) is 2. The van der Waals surface area contributed by atoms with E-state index in [-0.39, 0.29) is 0 Å². The summed E-state index contributed by atoms with van der Waals surface area (Å²) in [7, 11) is 0. The Bertz CT molecular complexity index is 1170. The van der Waals surface area contributed by atoms with Gasteiger partial charge in [0.05, 0.1) is 5.52 Å². The summed E-state index contributed by atoms with van der Waals surface area (Å²) >= 11 is 0. The van der Waals surface area contributed by atoms with Crippen LogP contribution in [0.5, 0.6) is 0 Å². The van der Waals surface area contributed by atoms with Gasteiger partial charge < -0.3 is 5.32 Å². The minimum Gasteiger partial charge on any atom is -0.323 e. The van der Waals surface area contributed by atoms with E-state index in [0.29, 0.717) is 11.4 Å². The van der Waals surface area contributed by atoms with Gasteiger partial charge in [-0.05, 0) is 43.4 Å². The third-order valence-corrected chi connectivity index (χ3v) is 5.54. The second-order valence-electron chi connectivity index (χ2n) is 7.42. The average Bonchev–Trinajstić information content (AvgIpc) is 3.01. The molecule has 0 bridgehead atoms. The van der Waals surface area contributed by atoms with E-state index in [1.165, 1.54) is 6.42 Å². The van der Waals surface area contributed by atoms with Gasteiger partial charge in [0, 0.05) is 22.2 Å². The molecule has 1 aliphatic rings. The molecule has 5 rings (SSSR count). The number of aromatic amines is 1. The minimum atomic E-state index is -0.538. The zero-order valence-corrected chi connectivity index (χ0v) is 16.1. The zero-order chi connectivity index (χ0) is 19.6. The van der Waals surface area contributed by atoms with E-state index in [2.05, 4.69) is 15.5 Å². The van der Waals surface area contributed by atoms with Crippen LogP contribution in [0.25, 0.3) is 22.3 Å². The van der Waals surface area contributed by atoms with E-state index in [1.54, 1.807) is 6.07 Å². The first kappa shape index (κ1) is 17.8. The Morgan fingerprint density at radius 1 is 0.897 bits per heavy atom. The molecule has 0 unspecified atom stereocenters. The van der Waals surface area contributed by atoms with Crippen molar-refractivity contribution in [1.29, 1.82) is 0 Å². The van der Waals surface area contributed by atoms with Gasteiger partial charge in [0.15, 0.2) is 11.6 Å². The van der Waals surface area contributed by atoms with Crippen molar-refractivity contribution in [3.63, 3.8) is 0 Å². The second kappa shape index (κ2) is 7.62. The number of nitrogens with zero attached hydrogens (tertiary/aromatic N) is 3. The van der Waals surface area contributed by atoms with E-state index in [0.717, 1.165) is 65.0 Å². The Morgan fingerprint density at radius 3 is 2.66 bits per heavy atom. The number of fused-ring (bicyclic) bond motifs is 2. The molecule has 0 saturated heterocycles. The summed E-state index contributed by atoms with van der Waals surface area (Å²) < 4.78 is 13.6. The van der Waals surface area contributed by atoms with Crippen molar-refractivity contribution in [2.45, 2.75) is 38.8 Å². The summed E-state index contributed by atoms with van der Waals surface area (Å²) in [6, 6.07) is 15.4. The molecule has 2 N–H and O–H groups in total. The van der Waals surface area contributed by atoms with Gasteiger partial charge in [-0.15, -0.1) is 0 Å². The standard InChI is InChI=1S/C23H22FN5/c24-14-15-8-4-5-9-16(15)21-25-19-12-3-1-2-10-17(19)22(26-21)27-23-18-11-6-7-13-20(18)28-29-23/h4-9,11,13H,1-3,10,12,14H2,(H2,25,26,27,28,29). The quantitative estimate of drug-likeness (QED) is 0.454. The number of hydrogen-bond donors (Lipinski definition) is 2. The van der Waals surface area contributed by atoms with Crippen LogP contribution < -0.4 is 5.32 Å². The zero-order valence-electron chi connectivity index (χ0n) is 16.1. The lowest BCUT2D eigenvalue weighted by Crippen LogP contribution is -2.08. The highest BCUT2D eigenvalue weighted by molar-refractivity contribution is 5.91. The molecule has 146 valence electrons. The van der Waals surface area contributed by atoms with Gasteiger partial charge in [0.25, 0.3) is 0 Å². The number of rotatable bonds is 4. The summed E-state index contributed by atoms with van der Waals surface area (Å²) in [5, 5.41) is 12.0. The summed E-state index contributed by atoms with van der Waals surface area (Å²) in [6.45, 7) is -0.538. The van der Waals surface area contributed by atoms with E-state index in [9.17, 15) is 4.39 Å². The normalized spacial score (nSPS) is 13.8. The predicted octanol–water partition coefficient (Wildman–Crippen LogP) is 5.50. The van der Waals surface area contributed by atoms with Crippen LogP contribution in [-0.4, -0.2) is 20.2 Å². The van der Waals surface area contributed by atoms with Crippen molar-refractivity contribution in [2.24, 2.45) is 0 Å². The molecule has 0 saturated carbocycles. The van der Waals surface area contributed by atoms with Gasteiger partial charge in [-0.3, -0.25) is 5.10 Å². The SMILES string of the molecule is FCc1ccccc1-c1nc2c(c(Nc3n[nH]c4ccccc34)n1)CCCCC2. The first-order valence-corrected chi connectivity index (χ1v) is 10.1. The molecule has 6 heteroatoms. The molecule has 0 fully saturated rings. The van der Waals surface area contributed by atoms with Gasteiger partial charge in [-0.1, -0.05) is 42.8 Å². The van der Waals surface area contributed by atoms with E-state index in [4.69, 9.17) is 9.97 Å². The Hall–Kier alpha value is -3.28. The molecular weight excluding hydrogens is 365 g/mol. The largest absolute Gasteiger partial charge is 0.323 e. The molecule has 2 heterocycles. The summed E-state index contributed by atoms with van der Waals surface area (Å²) in [6.07, 6.45) is 5.26. The van der Waals surface area contributed by atoms with Crippen molar-refractivity contribution >= 4 is 22.5 Å². The van der Waals surface area contributed by atoms with Crippen LogP contribution in [0.1, 0.15) is 36.1 Å². The van der Waals surface area contributed by atoms with Crippen molar-refractivity contribution < 1.29 is 4.39 Å². The maximum absolute atomic E-state index is 13.6. The molecule has 29 heavy (non-hydrogen) atoms. The smallest absolute Gasteiger partial charge is 0.162 e. The summed E-state index contributed by atoms with van der Waals surface area (Å²) in [5.74, 6) is 2.09. The molecule has 2 aromatic carbocycles. The van der Waals surface area contributed by atoms with Crippen LogP contribution in [-0.2, 0) is 19.5 Å². The average molecular weight is 387 g/mol. The number of halogens is 1. The highest BCUT2D eigenvalue weighted by Crippen LogP contribution is 2.32. The number of hydrogen-bond acceptors (Lipinski definition) is 4. The maximum atomic E-state index is 13.6. The molecule has 0 atom stereocenters. The number of para-hydroxylation sites is 1. The highest BCUT2D eigenvalue weighted by Gasteiger charge is 2.20. The second-order valence-corrected chi connectivity index (χ2v) is 7.42. The van der Waals surface area contributed by atoms with Crippen molar-refractivity contribution in [3.05, 3.63) is 65.4 Å². The number of anilines is 2. The fourth-order valence-corrected chi connectivity index (χ4v) is 4.02. The maximum Gasteiger partial charge on any atom is 0.162 e. The molecule has 0 radical (unpaired) electrons. The fraction of sp³-hybridized carbons (Fsp3) is 0.261. The first-order valence-electron chi connectivity index (χ1n) is 10.1. The van der Waals surface area contributed by atoms with E-state index >= 15 is 0 Å². The monoisotopic (exact) mass is 387 g/mol. The molecule has 2 aromatic heterocycles. The molecule has 0 aliphatic heterocycles. The molecular formula is C23H22FN5. The van der Waals surface area contributed by atoms with Crippen LogP contribution >= 0.6 is 0 Å². The molecule has 4 aromatic rings. The summed E-state index contributed by atoms with van der Waals surface area (Å²) in [4.78, 5) is 9.70. The molecule has 1 aliphatic carbocycles. The Labute approximate surface area is 168 Å². The fourth-order valence-electron chi connectivity index (χ4n) is 4.02. The lowest BCUT2D eigenvalue weighted by Gasteiger charge is -2.15. The number of benzene rings is 2. The van der Waals surface area contributed by atoms with Crippen LogP contribution in [0.2, 0.25) is 0 Å². The van der Waals surface area contributed by atoms with Gasteiger partial charge in [-0.2, -0.15) is 5.10 Å². The topological polar surface area (TPSA) is 66.5 Å². The number of H-pyrrole nitrogens is 1. The Kier molecular flexibility index (Phi) is 4.68. The lowest BCUT2D eigenvalue weighted by molar-refractivity contribution is 0.486. The molecule has 5 nitrogen and oxygen atoms in total.